The molecule has 0 radical (unpaired) electrons. The number of carboxylic acids is 1. The Balaban J connectivity index is 0.000000184. The Hall–Kier alpha value is -2.41. The molecule has 1 aromatic heterocycles. The van der Waals surface area contributed by atoms with E-state index in [0.29, 0.717) is 5.02 Å². The van der Waals surface area contributed by atoms with Crippen molar-refractivity contribution in [2.24, 2.45) is 5.73 Å². The summed E-state index contributed by atoms with van der Waals surface area (Å²) in [4.78, 5) is 23.7. The number of carboxylic acid groups (broad SMARTS) is 1. The molecular weight excluding hydrogens is 262 g/mol. The van der Waals surface area contributed by atoms with Crippen molar-refractivity contribution in [1.82, 2.24) is 10.1 Å². The van der Waals surface area contributed by atoms with Gasteiger partial charge in [0.2, 0.25) is 6.39 Å². The van der Waals surface area contributed by atoms with Gasteiger partial charge in [0, 0.05) is 5.02 Å². The van der Waals surface area contributed by atoms with E-state index < -0.39 is 11.9 Å². The molecule has 1 aromatic carbocycles. The average molecular weight is 270 g/mol. The zero-order valence-corrected chi connectivity index (χ0v) is 9.66. The molecule has 7 nitrogen and oxygen atoms in total. The van der Waals surface area contributed by atoms with Gasteiger partial charge in [-0.05, 0) is 24.3 Å². The summed E-state index contributed by atoms with van der Waals surface area (Å²) in [7, 11) is 0. The second-order valence-electron chi connectivity index (χ2n) is 2.93. The molecule has 0 bridgehead atoms. The third-order valence-electron chi connectivity index (χ3n) is 1.67. The maximum atomic E-state index is 10.3. The highest BCUT2D eigenvalue weighted by Crippen LogP contribution is 2.08. The first-order valence-corrected chi connectivity index (χ1v) is 4.93. The molecule has 0 spiro atoms. The minimum Gasteiger partial charge on any atom is -0.478 e. The van der Waals surface area contributed by atoms with Gasteiger partial charge in [-0.15, -0.1) is 0 Å². The normalized spacial score (nSPS) is 9.17. The number of primary amides is 1. The smallest absolute Gasteiger partial charge is 0.335 e. The van der Waals surface area contributed by atoms with Gasteiger partial charge in [0.1, 0.15) is 0 Å². The number of aromatic nitrogens is 2. The van der Waals surface area contributed by atoms with Crippen LogP contribution in [0.25, 0.3) is 0 Å². The summed E-state index contributed by atoms with van der Waals surface area (Å²) in [6.07, 6.45) is 1.04. The van der Waals surface area contributed by atoms with E-state index in [9.17, 15) is 9.59 Å². The summed E-state index contributed by atoms with van der Waals surface area (Å²) in [5.41, 5.74) is 4.99. The third kappa shape index (κ3) is 4.22. The molecule has 1 heterocycles. The summed E-state index contributed by atoms with van der Waals surface area (Å²) in [5.74, 6) is -1.71. The number of nitrogens with two attached hydrogens (primary N) is 1. The van der Waals surface area contributed by atoms with Crippen molar-refractivity contribution in [2.75, 3.05) is 0 Å². The lowest BCUT2D eigenvalue weighted by Crippen LogP contribution is -2.12. The van der Waals surface area contributed by atoms with E-state index in [4.69, 9.17) is 22.4 Å². The molecule has 3 N–H and O–H groups in total. The van der Waals surface area contributed by atoms with Gasteiger partial charge >= 0.3 is 5.97 Å². The number of hydrogen-bond acceptors (Lipinski definition) is 5. The van der Waals surface area contributed by atoms with E-state index in [-0.39, 0.29) is 11.4 Å². The van der Waals surface area contributed by atoms with Gasteiger partial charge in [0.25, 0.3) is 11.7 Å². The topological polar surface area (TPSA) is 119 Å². The highest BCUT2D eigenvalue weighted by Gasteiger charge is 2.02. The molecule has 0 fully saturated rings. The first kappa shape index (κ1) is 13.7. The summed E-state index contributed by atoms with van der Waals surface area (Å²) in [6, 6.07) is 6.02. The summed E-state index contributed by atoms with van der Waals surface area (Å²) in [5, 5.41) is 12.1. The monoisotopic (exact) mass is 269 g/mol. The number of hydrogen-bond donors (Lipinski definition) is 2. The fraction of sp³-hybridized carbons (Fsp3) is 0. The van der Waals surface area contributed by atoms with E-state index in [1.54, 1.807) is 12.1 Å². The molecule has 0 aliphatic carbocycles. The average Bonchev–Trinajstić information content (AvgIpc) is 2.84. The Morgan fingerprint density at radius 1 is 1.28 bits per heavy atom. The number of amides is 1. The van der Waals surface area contributed by atoms with Crippen LogP contribution in [0.5, 0.6) is 0 Å². The lowest BCUT2D eigenvalue weighted by atomic mass is 10.2. The fourth-order valence-electron chi connectivity index (χ4n) is 0.872. The zero-order valence-electron chi connectivity index (χ0n) is 8.91. The fourth-order valence-corrected chi connectivity index (χ4v) is 0.998. The van der Waals surface area contributed by atoms with Crippen molar-refractivity contribution in [3.63, 3.8) is 0 Å². The van der Waals surface area contributed by atoms with E-state index in [1.807, 2.05) is 0 Å². The Bertz CT molecular complexity index is 525. The largest absolute Gasteiger partial charge is 0.478 e. The van der Waals surface area contributed by atoms with Crippen LogP contribution in [0.15, 0.2) is 35.2 Å². The molecule has 2 aromatic rings. The number of carbonyl (C=O) groups is 2. The molecule has 0 aliphatic heterocycles. The SMILES string of the molecule is NC(=O)c1ncon1.O=C(O)c1ccc(Cl)cc1. The molecule has 8 heteroatoms. The predicted octanol–water partition coefficient (Wildman–Crippen LogP) is 1.21. The van der Waals surface area contributed by atoms with Crippen molar-refractivity contribution >= 4 is 23.5 Å². The van der Waals surface area contributed by atoms with Gasteiger partial charge in [-0.2, -0.15) is 4.98 Å². The number of halogens is 1. The maximum Gasteiger partial charge on any atom is 0.335 e. The first-order chi connectivity index (χ1) is 8.50. The maximum absolute atomic E-state index is 10.3. The lowest BCUT2D eigenvalue weighted by Gasteiger charge is -1.91. The van der Waals surface area contributed by atoms with E-state index >= 15 is 0 Å². The van der Waals surface area contributed by atoms with Crippen LogP contribution < -0.4 is 5.73 Å². The minimum atomic E-state index is -0.934. The molecule has 0 unspecified atom stereocenters. The zero-order chi connectivity index (χ0) is 13.5. The minimum absolute atomic E-state index is 0.0926. The van der Waals surface area contributed by atoms with Crippen molar-refractivity contribution in [3.8, 4) is 0 Å². The van der Waals surface area contributed by atoms with Crippen LogP contribution >= 0.6 is 11.6 Å². The van der Waals surface area contributed by atoms with Crippen LogP contribution in [0.4, 0.5) is 0 Å². The second-order valence-corrected chi connectivity index (χ2v) is 3.37. The number of aromatic carboxylic acids is 1. The summed E-state index contributed by atoms with van der Waals surface area (Å²) < 4.78 is 4.21. The molecule has 94 valence electrons. The Labute approximate surface area is 106 Å². The van der Waals surface area contributed by atoms with Crippen LogP contribution in [0.1, 0.15) is 21.0 Å². The predicted molar refractivity (Wildman–Crippen MR) is 61.2 cm³/mol. The van der Waals surface area contributed by atoms with Crippen LogP contribution in [0.2, 0.25) is 5.02 Å². The van der Waals surface area contributed by atoms with E-state index in [1.165, 1.54) is 12.1 Å². The third-order valence-corrected chi connectivity index (χ3v) is 1.92. The molecule has 0 saturated heterocycles. The van der Waals surface area contributed by atoms with E-state index in [2.05, 4.69) is 14.7 Å². The van der Waals surface area contributed by atoms with Gasteiger partial charge in [-0.3, -0.25) is 4.79 Å². The standard InChI is InChI=1S/C7H5ClO2.C3H3N3O2/c8-6-3-1-5(2-4-6)7(9)10;4-2(7)3-5-1-8-6-3/h1-4H,(H,9,10);1H,(H2,4,7). The highest BCUT2D eigenvalue weighted by molar-refractivity contribution is 6.30. The Kier molecular flexibility index (Phi) is 4.82. The Morgan fingerprint density at radius 3 is 2.22 bits per heavy atom. The molecule has 0 aliphatic rings. The van der Waals surface area contributed by atoms with Gasteiger partial charge in [-0.1, -0.05) is 16.8 Å². The number of carbonyl (C=O) groups excluding carboxylic acids is 1. The van der Waals surface area contributed by atoms with Crippen molar-refractivity contribution < 1.29 is 19.2 Å². The lowest BCUT2D eigenvalue weighted by molar-refractivity contribution is 0.0696. The van der Waals surface area contributed by atoms with Crippen molar-refractivity contribution in [1.29, 1.82) is 0 Å². The van der Waals surface area contributed by atoms with Crippen LogP contribution in [-0.4, -0.2) is 27.1 Å². The molecule has 0 saturated carbocycles. The van der Waals surface area contributed by atoms with Gasteiger partial charge in [-0.25, -0.2) is 4.79 Å². The van der Waals surface area contributed by atoms with Gasteiger partial charge in [0.05, 0.1) is 5.56 Å². The van der Waals surface area contributed by atoms with Crippen molar-refractivity contribution in [2.45, 2.75) is 0 Å². The molecular formula is C10H8ClN3O4. The van der Waals surface area contributed by atoms with Gasteiger partial charge < -0.3 is 15.4 Å². The second kappa shape index (κ2) is 6.36. The summed E-state index contributed by atoms with van der Waals surface area (Å²) >= 11 is 5.52. The molecule has 2 rings (SSSR count). The quantitative estimate of drug-likeness (QED) is 0.845. The number of rotatable bonds is 2. The van der Waals surface area contributed by atoms with Gasteiger partial charge in [0.15, 0.2) is 0 Å². The van der Waals surface area contributed by atoms with Crippen molar-refractivity contribution in [3.05, 3.63) is 47.1 Å². The summed E-state index contributed by atoms with van der Waals surface area (Å²) in [6.45, 7) is 0. The number of benzene rings is 1. The van der Waals surface area contributed by atoms with Crippen LogP contribution in [-0.2, 0) is 0 Å². The van der Waals surface area contributed by atoms with E-state index in [0.717, 1.165) is 6.39 Å². The first-order valence-electron chi connectivity index (χ1n) is 4.55. The molecule has 18 heavy (non-hydrogen) atoms. The van der Waals surface area contributed by atoms with Crippen LogP contribution in [0.3, 0.4) is 0 Å². The molecule has 1 amide bonds. The van der Waals surface area contributed by atoms with Crippen LogP contribution in [0, 0.1) is 0 Å². The Morgan fingerprint density at radius 2 is 1.89 bits per heavy atom. The highest BCUT2D eigenvalue weighted by atomic mass is 35.5. The number of nitrogens with zero attached hydrogens (tertiary/aromatic N) is 2. The molecule has 0 atom stereocenters.